The number of nitrogens with one attached hydrogen (secondary N) is 1. The molecule has 0 aliphatic rings. The van der Waals surface area contributed by atoms with E-state index < -0.39 is 24.5 Å². The predicted molar refractivity (Wildman–Crippen MR) is 88.9 cm³/mol. The third-order valence-electron chi connectivity index (χ3n) is 3.19. The van der Waals surface area contributed by atoms with Crippen LogP contribution >= 0.6 is 18.2 Å². The maximum Gasteiger partial charge on any atom is 0.321 e. The zero-order valence-corrected chi connectivity index (χ0v) is 14.1. The molecule has 4 N–H and O–H groups in total. The average Bonchev–Trinajstić information content (AvgIpc) is 2.52. The second-order valence-electron chi connectivity index (χ2n) is 5.02. The van der Waals surface area contributed by atoms with Crippen LogP contribution in [0.2, 0.25) is 0 Å². The second kappa shape index (κ2) is 9.72. The summed E-state index contributed by atoms with van der Waals surface area (Å²) in [6.07, 6.45) is 0.713. The van der Waals surface area contributed by atoms with E-state index in [1.54, 1.807) is 0 Å². The van der Waals surface area contributed by atoms with Crippen molar-refractivity contribution in [3.8, 4) is 0 Å². The monoisotopic (exact) mass is 361 g/mol. The zero-order chi connectivity index (χ0) is 17.3. The molecule has 0 heterocycles. The van der Waals surface area contributed by atoms with Crippen molar-refractivity contribution < 1.29 is 28.9 Å². The quantitative estimate of drug-likeness (QED) is 0.350. The Kier molecular flexibility index (Phi) is 8.33. The summed E-state index contributed by atoms with van der Waals surface area (Å²) in [5.41, 5.74) is 1.06. The van der Waals surface area contributed by atoms with E-state index in [1.807, 2.05) is 30.3 Å². The van der Waals surface area contributed by atoms with Crippen molar-refractivity contribution in [3.63, 3.8) is 0 Å². The van der Waals surface area contributed by atoms with Crippen molar-refractivity contribution in [2.75, 3.05) is 6.16 Å². The van der Waals surface area contributed by atoms with Gasteiger partial charge >= 0.3 is 11.9 Å². The van der Waals surface area contributed by atoms with Gasteiger partial charge in [-0.1, -0.05) is 30.3 Å². The van der Waals surface area contributed by atoms with Crippen LogP contribution < -0.4 is 5.09 Å². The highest BCUT2D eigenvalue weighted by Gasteiger charge is 2.30. The number of hydrogen-bond acceptors (Lipinski definition) is 5. The Morgan fingerprint density at radius 2 is 1.87 bits per heavy atom. The van der Waals surface area contributed by atoms with Crippen LogP contribution in [0.15, 0.2) is 30.3 Å². The summed E-state index contributed by atoms with van der Waals surface area (Å²) < 4.78 is 21.8. The zero-order valence-electron chi connectivity index (χ0n) is 12.4. The molecule has 0 saturated heterocycles. The maximum absolute atomic E-state index is 12.5. The van der Waals surface area contributed by atoms with Gasteiger partial charge in [-0.05, 0) is 24.8 Å². The molecule has 0 radical (unpaired) electrons. The third-order valence-corrected chi connectivity index (χ3v) is 6.72. The summed E-state index contributed by atoms with van der Waals surface area (Å²) >= 11 is 0.121. The standard InChI is InChI=1S/C14H20NO6PS/c16-13(17)9-8-12(14(18)19)15-22(20,23-21)10-4-7-11-5-2-1-3-6-11/h1-3,5-6,12,21H,4,7-10H2,(H,15,20)(H,16,17)(H,18,19)/t12-,22?/m0/s1. The fourth-order valence-electron chi connectivity index (χ4n) is 2.01. The predicted octanol–water partition coefficient (Wildman–Crippen LogP) is 2.93. The lowest BCUT2D eigenvalue weighted by molar-refractivity contribution is -0.140. The molecule has 9 heteroatoms. The lowest BCUT2D eigenvalue weighted by Crippen LogP contribution is -2.35. The lowest BCUT2D eigenvalue weighted by atomic mass is 10.1. The van der Waals surface area contributed by atoms with E-state index in [9.17, 15) is 18.7 Å². The smallest absolute Gasteiger partial charge is 0.321 e. The minimum atomic E-state index is -3.36. The number of aliphatic carboxylic acids is 2. The van der Waals surface area contributed by atoms with E-state index in [0.29, 0.717) is 12.8 Å². The van der Waals surface area contributed by atoms with Gasteiger partial charge in [0.05, 0.1) is 11.7 Å². The molecule has 0 aliphatic carbocycles. The highest BCUT2D eigenvalue weighted by Crippen LogP contribution is 2.54. The lowest BCUT2D eigenvalue weighted by Gasteiger charge is -2.20. The average molecular weight is 361 g/mol. The van der Waals surface area contributed by atoms with Gasteiger partial charge in [0.2, 0.25) is 6.49 Å². The fourth-order valence-corrected chi connectivity index (χ4v) is 4.72. The van der Waals surface area contributed by atoms with Crippen LogP contribution in [0.3, 0.4) is 0 Å². The van der Waals surface area contributed by atoms with Crippen LogP contribution in [0.4, 0.5) is 0 Å². The molecule has 1 aromatic carbocycles. The highest BCUT2D eigenvalue weighted by molar-refractivity contribution is 8.54. The summed E-state index contributed by atoms with van der Waals surface area (Å²) in [5, 5.41) is 20.1. The van der Waals surface area contributed by atoms with Crippen LogP contribution in [-0.4, -0.2) is 38.9 Å². The molecule has 23 heavy (non-hydrogen) atoms. The minimum absolute atomic E-state index is 0.111. The molecule has 0 fully saturated rings. The molecule has 0 bridgehead atoms. The second-order valence-corrected chi connectivity index (χ2v) is 9.50. The first-order chi connectivity index (χ1) is 10.9. The molecular weight excluding hydrogens is 341 g/mol. The van der Waals surface area contributed by atoms with Crippen LogP contribution in [0, 0.1) is 0 Å². The van der Waals surface area contributed by atoms with Crippen molar-refractivity contribution >= 4 is 30.1 Å². The molecule has 0 amide bonds. The summed E-state index contributed by atoms with van der Waals surface area (Å²) in [6, 6.07) is 8.25. The topological polar surface area (TPSA) is 124 Å². The number of aryl methyl sites for hydroxylation is 1. The van der Waals surface area contributed by atoms with Crippen LogP contribution in [-0.2, 0) is 20.6 Å². The fraction of sp³-hybridized carbons (Fsp3) is 0.429. The Bertz CT molecular complexity index is 568. The van der Waals surface area contributed by atoms with E-state index in [1.165, 1.54) is 0 Å². The summed E-state index contributed by atoms with van der Waals surface area (Å²) in [4.78, 5) is 21.7. The Labute approximate surface area is 138 Å². The summed E-state index contributed by atoms with van der Waals surface area (Å²) in [7, 11) is 0. The van der Waals surface area contributed by atoms with Gasteiger partial charge in [-0.3, -0.25) is 14.2 Å². The first kappa shape index (κ1) is 19.7. The Hall–Kier alpha value is -1.34. The Balaban J connectivity index is 2.58. The molecule has 0 aliphatic heterocycles. The van der Waals surface area contributed by atoms with Gasteiger partial charge in [0.1, 0.15) is 6.04 Å². The Morgan fingerprint density at radius 3 is 2.39 bits per heavy atom. The van der Waals surface area contributed by atoms with E-state index in [0.717, 1.165) is 5.56 Å². The molecule has 1 unspecified atom stereocenters. The van der Waals surface area contributed by atoms with Gasteiger partial charge in [0, 0.05) is 12.6 Å². The molecule has 128 valence electrons. The van der Waals surface area contributed by atoms with Gasteiger partial charge < -0.3 is 14.8 Å². The number of carboxylic acid groups (broad SMARTS) is 2. The SMILES string of the molecule is O=C(O)CC[C@H](NP(=O)(CCCc1ccccc1)SO)C(=O)O. The Morgan fingerprint density at radius 1 is 1.22 bits per heavy atom. The van der Waals surface area contributed by atoms with Gasteiger partial charge in [0.25, 0.3) is 0 Å². The van der Waals surface area contributed by atoms with E-state index >= 15 is 0 Å². The van der Waals surface area contributed by atoms with Gasteiger partial charge in [-0.15, -0.1) is 0 Å². The first-order valence-corrected chi connectivity index (χ1v) is 10.3. The number of rotatable bonds is 11. The van der Waals surface area contributed by atoms with E-state index in [-0.39, 0.29) is 30.7 Å². The van der Waals surface area contributed by atoms with E-state index in [2.05, 4.69) is 5.09 Å². The van der Waals surface area contributed by atoms with Crippen LogP contribution in [0.1, 0.15) is 24.8 Å². The van der Waals surface area contributed by atoms with Gasteiger partial charge in [-0.2, -0.15) is 0 Å². The number of benzene rings is 1. The highest BCUT2D eigenvalue weighted by atomic mass is 32.7. The molecule has 7 nitrogen and oxygen atoms in total. The van der Waals surface area contributed by atoms with Crippen molar-refractivity contribution in [1.29, 1.82) is 0 Å². The van der Waals surface area contributed by atoms with Gasteiger partial charge in [-0.25, -0.2) is 5.09 Å². The normalized spacial score (nSPS) is 14.8. The molecule has 0 saturated carbocycles. The summed E-state index contributed by atoms with van der Waals surface area (Å²) in [6.45, 7) is -3.36. The van der Waals surface area contributed by atoms with Crippen LogP contribution in [0.5, 0.6) is 0 Å². The van der Waals surface area contributed by atoms with Crippen molar-refractivity contribution in [2.24, 2.45) is 0 Å². The first-order valence-electron chi connectivity index (χ1n) is 7.05. The minimum Gasteiger partial charge on any atom is -0.481 e. The van der Waals surface area contributed by atoms with Crippen LogP contribution in [0.25, 0.3) is 0 Å². The van der Waals surface area contributed by atoms with E-state index in [4.69, 9.17) is 10.2 Å². The molecule has 0 spiro atoms. The largest absolute Gasteiger partial charge is 0.481 e. The number of carbonyl (C=O) groups is 2. The van der Waals surface area contributed by atoms with Crippen molar-refractivity contribution in [2.45, 2.75) is 31.7 Å². The maximum atomic E-state index is 12.5. The van der Waals surface area contributed by atoms with Gasteiger partial charge in [0.15, 0.2) is 0 Å². The number of carboxylic acids is 2. The van der Waals surface area contributed by atoms with Crippen molar-refractivity contribution in [1.82, 2.24) is 5.09 Å². The molecule has 1 aromatic rings. The number of hydrogen-bond donors (Lipinski definition) is 4. The molecular formula is C14H20NO6PS. The van der Waals surface area contributed by atoms with Crippen molar-refractivity contribution in [3.05, 3.63) is 35.9 Å². The third kappa shape index (κ3) is 7.65. The summed E-state index contributed by atoms with van der Waals surface area (Å²) in [5.74, 6) is -2.42. The molecule has 1 rings (SSSR count). The molecule has 2 atom stereocenters. The molecule has 0 aromatic heterocycles.